The molecule has 0 radical (unpaired) electrons. The monoisotopic (exact) mass is 373 g/mol. The van der Waals surface area contributed by atoms with Crippen molar-refractivity contribution in [3.05, 3.63) is 36.4 Å². The third-order valence-corrected chi connectivity index (χ3v) is 6.08. The highest BCUT2D eigenvalue weighted by atomic mass is 16.5. The Balaban J connectivity index is 1.71. The molecular weight excluding hydrogens is 342 g/mol. The Kier molecular flexibility index (Phi) is 6.07. The van der Waals surface area contributed by atoms with Crippen LogP contribution in [0.3, 0.4) is 0 Å². The maximum Gasteiger partial charge on any atom is 0.222 e. The normalized spacial score (nSPS) is 24.8. The zero-order valence-electron chi connectivity index (χ0n) is 16.5. The fourth-order valence-electron chi connectivity index (χ4n) is 4.35. The molecule has 1 spiro atoms. The Labute approximate surface area is 162 Å². The summed E-state index contributed by atoms with van der Waals surface area (Å²) in [7, 11) is 3.74. The lowest BCUT2D eigenvalue weighted by Gasteiger charge is -2.49. The van der Waals surface area contributed by atoms with Crippen molar-refractivity contribution in [1.29, 1.82) is 0 Å². The summed E-state index contributed by atoms with van der Waals surface area (Å²) in [6, 6.07) is 5.60. The number of benzene rings is 1. The van der Waals surface area contributed by atoms with Crippen LogP contribution in [0.25, 0.3) is 0 Å². The van der Waals surface area contributed by atoms with E-state index < -0.39 is 0 Å². The van der Waals surface area contributed by atoms with Crippen molar-refractivity contribution in [2.24, 2.45) is 0 Å². The Morgan fingerprint density at radius 3 is 2.81 bits per heavy atom. The number of piperazine rings is 1. The SMILES string of the molecule is C=CCN1CCC2(CCC1=O)CN(Cc1ccc(OC)c(O)c1)CCN2C. The molecular formula is C21H31N3O3. The van der Waals surface area contributed by atoms with Crippen LogP contribution < -0.4 is 4.74 Å². The highest BCUT2D eigenvalue weighted by molar-refractivity contribution is 5.76. The molecule has 1 unspecified atom stereocenters. The van der Waals surface area contributed by atoms with Crippen LogP contribution in [0.5, 0.6) is 11.5 Å². The van der Waals surface area contributed by atoms with E-state index in [0.717, 1.165) is 51.1 Å². The van der Waals surface area contributed by atoms with Crippen LogP contribution in [0.15, 0.2) is 30.9 Å². The van der Waals surface area contributed by atoms with E-state index in [1.807, 2.05) is 23.1 Å². The third-order valence-electron chi connectivity index (χ3n) is 6.08. The predicted molar refractivity (Wildman–Crippen MR) is 106 cm³/mol. The first-order chi connectivity index (χ1) is 13.0. The third kappa shape index (κ3) is 4.28. The van der Waals surface area contributed by atoms with E-state index >= 15 is 0 Å². The van der Waals surface area contributed by atoms with Crippen molar-refractivity contribution >= 4 is 5.91 Å². The average Bonchev–Trinajstić information content (AvgIpc) is 2.80. The van der Waals surface area contributed by atoms with Crippen LogP contribution in [0.2, 0.25) is 0 Å². The van der Waals surface area contributed by atoms with Crippen LogP contribution in [0.4, 0.5) is 0 Å². The molecule has 148 valence electrons. The van der Waals surface area contributed by atoms with Gasteiger partial charge in [0.1, 0.15) is 0 Å². The van der Waals surface area contributed by atoms with Crippen LogP contribution in [0, 0.1) is 0 Å². The molecule has 6 nitrogen and oxygen atoms in total. The Bertz CT molecular complexity index is 693. The smallest absolute Gasteiger partial charge is 0.222 e. The fraction of sp³-hybridized carbons (Fsp3) is 0.571. The summed E-state index contributed by atoms with van der Waals surface area (Å²) in [5.74, 6) is 0.912. The van der Waals surface area contributed by atoms with Gasteiger partial charge in [0.15, 0.2) is 11.5 Å². The van der Waals surface area contributed by atoms with E-state index in [1.165, 1.54) is 0 Å². The number of aromatic hydroxyl groups is 1. The number of phenolic OH excluding ortho intramolecular Hbond substituents is 1. The van der Waals surface area contributed by atoms with Crippen molar-refractivity contribution in [3.8, 4) is 11.5 Å². The van der Waals surface area contributed by atoms with Crippen molar-refractivity contribution in [1.82, 2.24) is 14.7 Å². The first-order valence-electron chi connectivity index (χ1n) is 9.65. The van der Waals surface area contributed by atoms with Gasteiger partial charge in [-0.25, -0.2) is 0 Å². The van der Waals surface area contributed by atoms with Gasteiger partial charge >= 0.3 is 0 Å². The minimum absolute atomic E-state index is 0.0261. The number of likely N-dealkylation sites (N-methyl/N-ethyl adjacent to an activating group) is 1. The van der Waals surface area contributed by atoms with E-state index in [2.05, 4.69) is 23.4 Å². The predicted octanol–water partition coefficient (Wildman–Crippen LogP) is 2.09. The Hall–Kier alpha value is -2.05. The number of carbonyl (C=O) groups is 1. The second-order valence-electron chi connectivity index (χ2n) is 7.74. The number of methoxy groups -OCH3 is 1. The molecule has 6 heteroatoms. The zero-order valence-corrected chi connectivity index (χ0v) is 16.5. The van der Waals surface area contributed by atoms with E-state index in [9.17, 15) is 9.90 Å². The standard InChI is InChI=1S/C21H31N3O3/c1-4-10-24-11-9-21(8-7-20(24)26)16-23(13-12-22(21)2)15-17-5-6-19(27-3)18(25)14-17/h4-6,14,25H,1,7-13,15-16H2,2-3H3. The summed E-state index contributed by atoms with van der Waals surface area (Å²) in [5.41, 5.74) is 1.10. The molecule has 2 aliphatic rings. The van der Waals surface area contributed by atoms with Crippen LogP contribution in [-0.4, -0.2) is 78.1 Å². The van der Waals surface area contributed by atoms with E-state index in [-0.39, 0.29) is 17.2 Å². The fourth-order valence-corrected chi connectivity index (χ4v) is 4.35. The second-order valence-corrected chi connectivity index (χ2v) is 7.74. The van der Waals surface area contributed by atoms with Crippen molar-refractivity contribution in [2.45, 2.75) is 31.3 Å². The number of hydrogen-bond donors (Lipinski definition) is 1. The molecule has 0 aliphatic carbocycles. The van der Waals surface area contributed by atoms with Gasteiger partial charge in [0.2, 0.25) is 5.91 Å². The molecule has 1 aromatic rings. The lowest BCUT2D eigenvalue weighted by Crippen LogP contribution is -2.60. The van der Waals surface area contributed by atoms with Gasteiger partial charge in [-0.3, -0.25) is 14.6 Å². The van der Waals surface area contributed by atoms with Gasteiger partial charge < -0.3 is 14.7 Å². The van der Waals surface area contributed by atoms with Crippen molar-refractivity contribution < 1.29 is 14.6 Å². The highest BCUT2D eigenvalue weighted by Gasteiger charge is 2.42. The van der Waals surface area contributed by atoms with Crippen molar-refractivity contribution in [3.63, 3.8) is 0 Å². The van der Waals surface area contributed by atoms with Crippen LogP contribution in [0.1, 0.15) is 24.8 Å². The molecule has 1 aromatic carbocycles. The number of rotatable bonds is 5. The molecule has 0 aromatic heterocycles. The van der Waals surface area contributed by atoms with Gasteiger partial charge in [0.25, 0.3) is 0 Å². The first-order valence-corrected chi connectivity index (χ1v) is 9.65. The minimum atomic E-state index is 0.0261. The summed E-state index contributed by atoms with van der Waals surface area (Å²) in [6.45, 7) is 8.88. The summed E-state index contributed by atoms with van der Waals surface area (Å²) >= 11 is 0. The first kappa shape index (κ1) is 19.7. The molecule has 0 bridgehead atoms. The van der Waals surface area contributed by atoms with Gasteiger partial charge in [-0.1, -0.05) is 12.1 Å². The number of ether oxygens (including phenoxy) is 1. The number of nitrogens with zero attached hydrogens (tertiary/aromatic N) is 3. The zero-order chi connectivity index (χ0) is 19.4. The quantitative estimate of drug-likeness (QED) is 0.801. The Morgan fingerprint density at radius 2 is 2.11 bits per heavy atom. The summed E-state index contributed by atoms with van der Waals surface area (Å²) in [6.07, 6.45) is 4.27. The van der Waals surface area contributed by atoms with Gasteiger partial charge in [0, 0.05) is 51.2 Å². The van der Waals surface area contributed by atoms with E-state index in [4.69, 9.17) is 4.74 Å². The molecule has 1 N–H and O–H groups in total. The number of carbonyl (C=O) groups excluding carboxylic acids is 1. The van der Waals surface area contributed by atoms with Crippen LogP contribution >= 0.6 is 0 Å². The van der Waals surface area contributed by atoms with Gasteiger partial charge in [-0.05, 0) is 37.6 Å². The van der Waals surface area contributed by atoms with Gasteiger partial charge in [-0.15, -0.1) is 6.58 Å². The van der Waals surface area contributed by atoms with Gasteiger partial charge in [-0.2, -0.15) is 0 Å². The molecule has 2 aliphatic heterocycles. The minimum Gasteiger partial charge on any atom is -0.504 e. The summed E-state index contributed by atoms with van der Waals surface area (Å²) < 4.78 is 5.13. The maximum atomic E-state index is 12.4. The highest BCUT2D eigenvalue weighted by Crippen LogP contribution is 2.33. The lowest BCUT2D eigenvalue weighted by atomic mass is 9.86. The maximum absolute atomic E-state index is 12.4. The van der Waals surface area contributed by atoms with Crippen LogP contribution in [-0.2, 0) is 11.3 Å². The number of phenols is 1. The molecule has 1 amide bonds. The molecule has 27 heavy (non-hydrogen) atoms. The largest absolute Gasteiger partial charge is 0.504 e. The summed E-state index contributed by atoms with van der Waals surface area (Å²) in [5, 5.41) is 10.0. The number of hydrogen-bond acceptors (Lipinski definition) is 5. The lowest BCUT2D eigenvalue weighted by molar-refractivity contribution is -0.130. The molecule has 2 saturated heterocycles. The van der Waals surface area contributed by atoms with Gasteiger partial charge in [0.05, 0.1) is 7.11 Å². The molecule has 0 saturated carbocycles. The molecule has 2 fully saturated rings. The summed E-state index contributed by atoms with van der Waals surface area (Å²) in [4.78, 5) is 19.2. The molecule has 3 rings (SSSR count). The Morgan fingerprint density at radius 1 is 1.30 bits per heavy atom. The molecule has 1 atom stereocenters. The number of amides is 1. The van der Waals surface area contributed by atoms with E-state index in [1.54, 1.807) is 13.2 Å². The topological polar surface area (TPSA) is 56.3 Å². The second kappa shape index (κ2) is 8.31. The van der Waals surface area contributed by atoms with Crippen molar-refractivity contribution in [2.75, 3.05) is 46.9 Å². The number of likely N-dealkylation sites (tertiary alicyclic amines) is 1. The van der Waals surface area contributed by atoms with E-state index in [0.29, 0.717) is 18.7 Å². The average molecular weight is 373 g/mol. The molecule has 2 heterocycles.